The Morgan fingerprint density at radius 1 is 1.33 bits per heavy atom. The van der Waals surface area contributed by atoms with Crippen LogP contribution in [0.3, 0.4) is 0 Å². The van der Waals surface area contributed by atoms with Crippen molar-refractivity contribution in [3.8, 4) is 0 Å². The summed E-state index contributed by atoms with van der Waals surface area (Å²) in [5, 5.41) is 3.19. The molecule has 1 aliphatic rings. The van der Waals surface area contributed by atoms with Gasteiger partial charge in [0.1, 0.15) is 0 Å². The van der Waals surface area contributed by atoms with Gasteiger partial charge in [0, 0.05) is 12.6 Å². The van der Waals surface area contributed by atoms with Gasteiger partial charge in [0.25, 0.3) is 0 Å². The third-order valence-electron chi connectivity index (χ3n) is 3.21. The largest absolute Gasteiger partial charge is 0.313 e. The second-order valence-electron chi connectivity index (χ2n) is 4.68. The first-order chi connectivity index (χ1) is 8.62. The summed E-state index contributed by atoms with van der Waals surface area (Å²) in [7, 11) is -3.35. The van der Waals surface area contributed by atoms with Gasteiger partial charge in [-0.25, -0.2) is 13.1 Å². The highest BCUT2D eigenvalue weighted by molar-refractivity contribution is 7.89. The Kier molecular flexibility index (Phi) is 4.37. The number of hydrogen-bond acceptors (Lipinski definition) is 3. The highest BCUT2D eigenvalue weighted by Crippen LogP contribution is 2.21. The molecule has 2 N–H and O–H groups in total. The molecule has 0 radical (unpaired) electrons. The summed E-state index contributed by atoms with van der Waals surface area (Å²) in [5.41, 5.74) is 0.994. The molecule has 4 nitrogen and oxygen atoms in total. The minimum absolute atomic E-state index is 0.132. The zero-order valence-corrected chi connectivity index (χ0v) is 11.5. The van der Waals surface area contributed by atoms with E-state index in [-0.39, 0.29) is 6.04 Å². The molecule has 0 heterocycles. The van der Waals surface area contributed by atoms with Gasteiger partial charge in [-0.15, -0.1) is 0 Å². The fraction of sp³-hybridized carbons (Fsp3) is 0.538. The molecule has 1 fully saturated rings. The van der Waals surface area contributed by atoms with Crippen molar-refractivity contribution in [2.45, 2.75) is 43.7 Å². The molecule has 0 bridgehead atoms. The van der Waals surface area contributed by atoms with Crippen molar-refractivity contribution in [1.82, 2.24) is 10.0 Å². The fourth-order valence-corrected chi connectivity index (χ4v) is 3.28. The second kappa shape index (κ2) is 5.82. The van der Waals surface area contributed by atoms with Crippen LogP contribution in [-0.2, 0) is 16.6 Å². The van der Waals surface area contributed by atoms with Crippen molar-refractivity contribution < 1.29 is 8.42 Å². The lowest BCUT2D eigenvalue weighted by molar-refractivity contribution is 0.383. The van der Waals surface area contributed by atoms with Gasteiger partial charge in [0.05, 0.1) is 4.90 Å². The molecule has 0 atom stereocenters. The van der Waals surface area contributed by atoms with E-state index in [4.69, 9.17) is 0 Å². The Morgan fingerprint density at radius 3 is 2.72 bits per heavy atom. The van der Waals surface area contributed by atoms with E-state index in [0.717, 1.165) is 31.4 Å². The molecule has 2 rings (SSSR count). The molecule has 1 aliphatic carbocycles. The maximum Gasteiger partial charge on any atom is 0.240 e. The maximum absolute atomic E-state index is 12.1. The molecule has 18 heavy (non-hydrogen) atoms. The minimum atomic E-state index is -3.35. The number of nitrogens with one attached hydrogen (secondary N) is 2. The van der Waals surface area contributed by atoms with Crippen LogP contribution in [0.4, 0.5) is 0 Å². The van der Waals surface area contributed by atoms with E-state index in [9.17, 15) is 8.42 Å². The standard InChI is InChI=1S/C13H20N2O2S/c1-2-14-10-11-5-3-8-13(9-11)18(16,17)15-12-6-4-7-12/h3,5,8-9,12,14-15H,2,4,6-7,10H2,1H3. The highest BCUT2D eigenvalue weighted by atomic mass is 32.2. The monoisotopic (exact) mass is 268 g/mol. The summed E-state index contributed by atoms with van der Waals surface area (Å²) in [4.78, 5) is 0.366. The Hall–Kier alpha value is -0.910. The molecule has 5 heteroatoms. The lowest BCUT2D eigenvalue weighted by Gasteiger charge is -2.26. The number of benzene rings is 1. The lowest BCUT2D eigenvalue weighted by atomic mass is 9.94. The van der Waals surface area contributed by atoms with Crippen LogP contribution in [-0.4, -0.2) is 21.0 Å². The van der Waals surface area contributed by atoms with E-state index < -0.39 is 10.0 Å². The van der Waals surface area contributed by atoms with Crippen LogP contribution < -0.4 is 10.0 Å². The molecule has 1 saturated carbocycles. The van der Waals surface area contributed by atoms with Crippen LogP contribution in [0, 0.1) is 0 Å². The zero-order valence-electron chi connectivity index (χ0n) is 10.6. The summed E-state index contributed by atoms with van der Waals surface area (Å²) in [6.07, 6.45) is 3.03. The van der Waals surface area contributed by atoms with Crippen LogP contribution in [0.2, 0.25) is 0 Å². The van der Waals surface area contributed by atoms with Crippen LogP contribution in [0.25, 0.3) is 0 Å². The van der Waals surface area contributed by atoms with Gasteiger partial charge in [-0.05, 0) is 37.1 Å². The van der Waals surface area contributed by atoms with Crippen molar-refractivity contribution in [1.29, 1.82) is 0 Å². The predicted octanol–water partition coefficient (Wildman–Crippen LogP) is 1.63. The van der Waals surface area contributed by atoms with E-state index in [1.54, 1.807) is 18.2 Å². The molecule has 0 spiro atoms. The SMILES string of the molecule is CCNCc1cccc(S(=O)(=O)NC2CCC2)c1. The predicted molar refractivity (Wildman–Crippen MR) is 71.8 cm³/mol. The van der Waals surface area contributed by atoms with E-state index in [1.807, 2.05) is 13.0 Å². The fourth-order valence-electron chi connectivity index (χ4n) is 1.91. The first kappa shape index (κ1) is 13.5. The third-order valence-corrected chi connectivity index (χ3v) is 4.73. The Bertz CT molecular complexity index is 495. The topological polar surface area (TPSA) is 58.2 Å². The van der Waals surface area contributed by atoms with Crippen LogP contribution in [0.1, 0.15) is 31.7 Å². The van der Waals surface area contributed by atoms with Crippen molar-refractivity contribution in [2.24, 2.45) is 0 Å². The van der Waals surface area contributed by atoms with Crippen molar-refractivity contribution in [3.05, 3.63) is 29.8 Å². The second-order valence-corrected chi connectivity index (χ2v) is 6.39. The van der Waals surface area contributed by atoms with E-state index in [1.165, 1.54) is 0 Å². The molecule has 0 aromatic heterocycles. The van der Waals surface area contributed by atoms with Crippen molar-refractivity contribution in [2.75, 3.05) is 6.54 Å². The molecule has 0 unspecified atom stereocenters. The van der Waals surface area contributed by atoms with Crippen LogP contribution in [0.15, 0.2) is 29.2 Å². The molecule has 0 aliphatic heterocycles. The normalized spacial score (nSPS) is 16.5. The molecule has 100 valence electrons. The Labute approximate surface area is 109 Å². The molecular weight excluding hydrogens is 248 g/mol. The number of sulfonamides is 1. The van der Waals surface area contributed by atoms with E-state index in [0.29, 0.717) is 11.4 Å². The van der Waals surface area contributed by atoms with Gasteiger partial charge in [0.2, 0.25) is 10.0 Å². The van der Waals surface area contributed by atoms with Crippen molar-refractivity contribution >= 4 is 10.0 Å². The van der Waals surface area contributed by atoms with Gasteiger partial charge in [-0.1, -0.05) is 25.5 Å². The van der Waals surface area contributed by atoms with Gasteiger partial charge in [-0.2, -0.15) is 0 Å². The molecule has 1 aromatic rings. The summed E-state index contributed by atoms with van der Waals surface area (Å²) in [5.74, 6) is 0. The quantitative estimate of drug-likeness (QED) is 0.824. The summed E-state index contributed by atoms with van der Waals surface area (Å²) in [6.45, 7) is 3.60. The van der Waals surface area contributed by atoms with Gasteiger partial charge in [-0.3, -0.25) is 0 Å². The number of hydrogen-bond donors (Lipinski definition) is 2. The highest BCUT2D eigenvalue weighted by Gasteiger charge is 2.24. The lowest BCUT2D eigenvalue weighted by Crippen LogP contribution is -2.39. The molecular formula is C13H20N2O2S. The van der Waals surface area contributed by atoms with E-state index >= 15 is 0 Å². The van der Waals surface area contributed by atoms with Gasteiger partial charge >= 0.3 is 0 Å². The average Bonchev–Trinajstić information content (AvgIpc) is 2.32. The summed E-state index contributed by atoms with van der Waals surface area (Å²) < 4.78 is 27.0. The summed E-state index contributed by atoms with van der Waals surface area (Å²) in [6, 6.07) is 7.25. The van der Waals surface area contributed by atoms with Gasteiger partial charge < -0.3 is 5.32 Å². The third kappa shape index (κ3) is 3.31. The average molecular weight is 268 g/mol. The first-order valence-electron chi connectivity index (χ1n) is 6.44. The molecule has 1 aromatic carbocycles. The Morgan fingerprint density at radius 2 is 2.11 bits per heavy atom. The summed E-state index contributed by atoms with van der Waals surface area (Å²) >= 11 is 0. The first-order valence-corrected chi connectivity index (χ1v) is 7.92. The maximum atomic E-state index is 12.1. The van der Waals surface area contributed by atoms with Crippen LogP contribution >= 0.6 is 0 Å². The van der Waals surface area contributed by atoms with E-state index in [2.05, 4.69) is 10.0 Å². The van der Waals surface area contributed by atoms with Crippen molar-refractivity contribution in [3.63, 3.8) is 0 Å². The number of rotatable bonds is 6. The molecule has 0 saturated heterocycles. The Balaban J connectivity index is 2.10. The van der Waals surface area contributed by atoms with Gasteiger partial charge in [0.15, 0.2) is 0 Å². The minimum Gasteiger partial charge on any atom is -0.313 e. The zero-order chi connectivity index (χ0) is 13.0. The molecule has 0 amide bonds. The van der Waals surface area contributed by atoms with Crippen LogP contribution in [0.5, 0.6) is 0 Å². The smallest absolute Gasteiger partial charge is 0.240 e.